The Bertz CT molecular complexity index is 584. The number of methoxy groups -OCH3 is 2. The van der Waals surface area contributed by atoms with Gasteiger partial charge in [-0.2, -0.15) is 0 Å². The molecule has 0 unspecified atom stereocenters. The molecule has 0 bridgehead atoms. The van der Waals surface area contributed by atoms with Gasteiger partial charge in [0.05, 0.1) is 18.7 Å². The molecule has 0 amide bonds. The summed E-state index contributed by atoms with van der Waals surface area (Å²) in [6.45, 7) is 0. The molecule has 19 heavy (non-hydrogen) atoms. The minimum absolute atomic E-state index is 0.123. The lowest BCUT2D eigenvalue weighted by Gasteiger charge is -2.11. The Kier molecular flexibility index (Phi) is 4.16. The molecule has 0 radical (unpaired) electrons. The average molecular weight is 325 g/mol. The summed E-state index contributed by atoms with van der Waals surface area (Å²) in [4.78, 5) is 0. The first-order valence-electron chi connectivity index (χ1n) is 5.52. The second-order valence-electron chi connectivity index (χ2n) is 3.73. The lowest BCUT2D eigenvalue weighted by Crippen LogP contribution is -1.91. The standard InChI is InChI=1S/C14H13BrO4/c1-17-13-6-4-10(8-14(13)18-2)19-9-3-5-11(15)12(16)7-9/h3-8,16H,1-2H3. The van der Waals surface area contributed by atoms with E-state index in [1.165, 1.54) is 6.07 Å². The minimum atomic E-state index is 0.123. The molecule has 2 aromatic rings. The molecule has 5 heteroatoms. The SMILES string of the molecule is COc1ccc(Oc2ccc(Br)c(O)c2)cc1OC. The summed E-state index contributed by atoms with van der Waals surface area (Å²) < 4.78 is 16.6. The van der Waals surface area contributed by atoms with Gasteiger partial charge < -0.3 is 19.3 Å². The number of phenols is 1. The molecule has 2 aromatic carbocycles. The van der Waals surface area contributed by atoms with Crippen molar-refractivity contribution in [1.82, 2.24) is 0 Å². The van der Waals surface area contributed by atoms with Crippen LogP contribution in [0.25, 0.3) is 0 Å². The van der Waals surface area contributed by atoms with Crippen LogP contribution >= 0.6 is 15.9 Å². The predicted molar refractivity (Wildman–Crippen MR) is 75.4 cm³/mol. The van der Waals surface area contributed by atoms with E-state index >= 15 is 0 Å². The van der Waals surface area contributed by atoms with Crippen LogP contribution in [-0.4, -0.2) is 19.3 Å². The summed E-state index contributed by atoms with van der Waals surface area (Å²) in [5.41, 5.74) is 0. The Morgan fingerprint density at radius 2 is 1.53 bits per heavy atom. The molecule has 0 aromatic heterocycles. The van der Waals surface area contributed by atoms with Crippen molar-refractivity contribution in [2.24, 2.45) is 0 Å². The molecule has 0 heterocycles. The van der Waals surface area contributed by atoms with Crippen LogP contribution in [0.4, 0.5) is 0 Å². The Hall–Kier alpha value is -1.88. The molecule has 0 aliphatic rings. The molecule has 2 rings (SSSR count). The Balaban J connectivity index is 2.25. The van der Waals surface area contributed by atoms with Gasteiger partial charge in [-0.25, -0.2) is 0 Å². The number of ether oxygens (including phenoxy) is 3. The van der Waals surface area contributed by atoms with Crippen molar-refractivity contribution in [3.63, 3.8) is 0 Å². The van der Waals surface area contributed by atoms with Crippen molar-refractivity contribution in [1.29, 1.82) is 0 Å². The molecule has 4 nitrogen and oxygen atoms in total. The van der Waals surface area contributed by atoms with Gasteiger partial charge in [0, 0.05) is 12.1 Å². The molecule has 0 spiro atoms. The quantitative estimate of drug-likeness (QED) is 0.924. The number of benzene rings is 2. The third kappa shape index (κ3) is 3.12. The molecule has 0 aliphatic carbocycles. The van der Waals surface area contributed by atoms with Crippen molar-refractivity contribution in [3.8, 4) is 28.7 Å². The zero-order chi connectivity index (χ0) is 13.8. The number of hydrogen-bond donors (Lipinski definition) is 1. The van der Waals surface area contributed by atoms with Gasteiger partial charge in [-0.05, 0) is 40.2 Å². The van der Waals surface area contributed by atoms with E-state index in [4.69, 9.17) is 14.2 Å². The van der Waals surface area contributed by atoms with E-state index in [9.17, 15) is 5.11 Å². The van der Waals surface area contributed by atoms with Crippen molar-refractivity contribution in [2.45, 2.75) is 0 Å². The largest absolute Gasteiger partial charge is 0.507 e. The number of aromatic hydroxyl groups is 1. The first kappa shape index (κ1) is 13.5. The lowest BCUT2D eigenvalue weighted by atomic mass is 10.3. The van der Waals surface area contributed by atoms with Crippen LogP contribution in [0.15, 0.2) is 40.9 Å². The van der Waals surface area contributed by atoms with Gasteiger partial charge in [0.1, 0.15) is 17.2 Å². The van der Waals surface area contributed by atoms with Crippen molar-refractivity contribution < 1.29 is 19.3 Å². The van der Waals surface area contributed by atoms with Crippen molar-refractivity contribution in [2.75, 3.05) is 14.2 Å². The summed E-state index contributed by atoms with van der Waals surface area (Å²) in [5.74, 6) is 2.47. The average Bonchev–Trinajstić information content (AvgIpc) is 2.43. The molecule has 0 aliphatic heterocycles. The third-order valence-electron chi connectivity index (χ3n) is 2.51. The molecule has 100 valence electrons. The van der Waals surface area contributed by atoms with Gasteiger partial charge in [0.25, 0.3) is 0 Å². The topological polar surface area (TPSA) is 47.9 Å². The van der Waals surface area contributed by atoms with E-state index in [1.807, 2.05) is 0 Å². The molecule has 0 saturated carbocycles. The van der Waals surface area contributed by atoms with Gasteiger partial charge in [-0.3, -0.25) is 0 Å². The fourth-order valence-corrected chi connectivity index (χ4v) is 1.82. The summed E-state index contributed by atoms with van der Waals surface area (Å²) in [5, 5.41) is 9.59. The number of rotatable bonds is 4. The van der Waals surface area contributed by atoms with E-state index in [2.05, 4.69) is 15.9 Å². The van der Waals surface area contributed by atoms with Crippen LogP contribution in [0.3, 0.4) is 0 Å². The van der Waals surface area contributed by atoms with Gasteiger partial charge in [-0.15, -0.1) is 0 Å². The Labute approximate surface area is 119 Å². The molecular formula is C14H13BrO4. The second kappa shape index (κ2) is 5.84. The van der Waals surface area contributed by atoms with E-state index in [0.29, 0.717) is 27.5 Å². The van der Waals surface area contributed by atoms with E-state index in [1.54, 1.807) is 44.6 Å². The van der Waals surface area contributed by atoms with Crippen LogP contribution in [0.5, 0.6) is 28.7 Å². The smallest absolute Gasteiger partial charge is 0.164 e. The highest BCUT2D eigenvalue weighted by atomic mass is 79.9. The Morgan fingerprint density at radius 3 is 2.16 bits per heavy atom. The van der Waals surface area contributed by atoms with E-state index in [0.717, 1.165) is 0 Å². The van der Waals surface area contributed by atoms with Crippen molar-refractivity contribution >= 4 is 15.9 Å². The highest BCUT2D eigenvalue weighted by Crippen LogP contribution is 2.35. The normalized spacial score (nSPS) is 10.1. The van der Waals surface area contributed by atoms with Crippen LogP contribution in [0.2, 0.25) is 0 Å². The fourth-order valence-electron chi connectivity index (χ4n) is 1.57. The number of phenolic OH excluding ortho intramolecular Hbond substituents is 1. The van der Waals surface area contributed by atoms with Crippen LogP contribution < -0.4 is 14.2 Å². The zero-order valence-corrected chi connectivity index (χ0v) is 12.1. The summed E-state index contributed by atoms with van der Waals surface area (Å²) in [6.07, 6.45) is 0. The second-order valence-corrected chi connectivity index (χ2v) is 4.59. The van der Waals surface area contributed by atoms with Crippen molar-refractivity contribution in [3.05, 3.63) is 40.9 Å². The summed E-state index contributed by atoms with van der Waals surface area (Å²) in [7, 11) is 3.14. The molecular weight excluding hydrogens is 312 g/mol. The minimum Gasteiger partial charge on any atom is -0.507 e. The number of hydrogen-bond acceptors (Lipinski definition) is 4. The predicted octanol–water partition coefficient (Wildman–Crippen LogP) is 3.96. The van der Waals surface area contributed by atoms with Crippen LogP contribution in [0.1, 0.15) is 0 Å². The maximum absolute atomic E-state index is 9.59. The van der Waals surface area contributed by atoms with Crippen LogP contribution in [-0.2, 0) is 0 Å². The molecule has 1 N–H and O–H groups in total. The van der Waals surface area contributed by atoms with Crippen LogP contribution in [0, 0.1) is 0 Å². The molecule has 0 saturated heterocycles. The van der Waals surface area contributed by atoms with Gasteiger partial charge >= 0.3 is 0 Å². The number of halogens is 1. The van der Waals surface area contributed by atoms with E-state index < -0.39 is 0 Å². The fraction of sp³-hybridized carbons (Fsp3) is 0.143. The molecule has 0 fully saturated rings. The maximum atomic E-state index is 9.59. The first-order chi connectivity index (χ1) is 9.13. The Morgan fingerprint density at radius 1 is 0.895 bits per heavy atom. The highest BCUT2D eigenvalue weighted by molar-refractivity contribution is 9.10. The third-order valence-corrected chi connectivity index (χ3v) is 3.18. The maximum Gasteiger partial charge on any atom is 0.164 e. The zero-order valence-electron chi connectivity index (χ0n) is 10.5. The first-order valence-corrected chi connectivity index (χ1v) is 6.31. The molecule has 0 atom stereocenters. The lowest BCUT2D eigenvalue weighted by molar-refractivity contribution is 0.352. The van der Waals surface area contributed by atoms with Gasteiger partial charge in [0.2, 0.25) is 0 Å². The van der Waals surface area contributed by atoms with Gasteiger partial charge in [0.15, 0.2) is 11.5 Å². The monoisotopic (exact) mass is 324 g/mol. The highest BCUT2D eigenvalue weighted by Gasteiger charge is 2.07. The van der Waals surface area contributed by atoms with E-state index in [-0.39, 0.29) is 5.75 Å². The van der Waals surface area contributed by atoms with Gasteiger partial charge in [-0.1, -0.05) is 0 Å². The summed E-state index contributed by atoms with van der Waals surface area (Å²) in [6, 6.07) is 10.2. The summed E-state index contributed by atoms with van der Waals surface area (Å²) >= 11 is 3.21.